The van der Waals surface area contributed by atoms with Crippen molar-refractivity contribution in [2.24, 2.45) is 0 Å². The van der Waals surface area contributed by atoms with Crippen molar-refractivity contribution < 1.29 is 29.0 Å². The van der Waals surface area contributed by atoms with Gasteiger partial charge in [0.15, 0.2) is 6.10 Å². The van der Waals surface area contributed by atoms with E-state index in [1.54, 1.807) is 0 Å². The molecule has 10 nitrogen and oxygen atoms in total. The molecule has 0 unspecified atom stereocenters. The molecule has 0 aliphatic carbocycles. The Bertz CT molecular complexity index is 1220. The molecule has 3 rings (SSSR count). The standard InChI is InChI=1S/C30H40N4O6S/c1-19-11-9-10-14-22(19)16-31-28(38)26-30(3,4)41-18-34(26)29(39)25(36)23(15-21-12-7-6-8-13-21)33-27(37)20(2)32-24(35)17-40-5/h6-14,20,23,25-26,36H,15-18H2,1-5H3,(H,31,38)(H,32,35)(H,33,37)/t20-,23-,25-,26+/m0/s1. The third kappa shape index (κ3) is 8.54. The molecule has 11 heteroatoms. The monoisotopic (exact) mass is 584 g/mol. The predicted octanol–water partition coefficient (Wildman–Crippen LogP) is 1.53. The van der Waals surface area contributed by atoms with Crippen LogP contribution in [-0.2, 0) is 36.9 Å². The van der Waals surface area contributed by atoms with Gasteiger partial charge in [0, 0.05) is 18.4 Å². The zero-order chi connectivity index (χ0) is 30.2. The first kappa shape index (κ1) is 32.1. The number of ether oxygens (including phenoxy) is 1. The number of hydrogen-bond acceptors (Lipinski definition) is 7. The molecule has 41 heavy (non-hydrogen) atoms. The topological polar surface area (TPSA) is 137 Å². The van der Waals surface area contributed by atoms with Crippen molar-refractivity contribution in [2.75, 3.05) is 19.6 Å². The minimum atomic E-state index is -1.64. The van der Waals surface area contributed by atoms with E-state index in [-0.39, 0.29) is 24.8 Å². The molecule has 4 N–H and O–H groups in total. The lowest BCUT2D eigenvalue weighted by molar-refractivity contribution is -0.148. The first-order chi connectivity index (χ1) is 19.4. The van der Waals surface area contributed by atoms with Gasteiger partial charge in [0.1, 0.15) is 18.7 Å². The Morgan fingerprint density at radius 1 is 1.07 bits per heavy atom. The van der Waals surface area contributed by atoms with Crippen LogP contribution in [0.1, 0.15) is 37.5 Å². The molecule has 4 atom stereocenters. The van der Waals surface area contributed by atoms with Gasteiger partial charge in [0.2, 0.25) is 17.7 Å². The van der Waals surface area contributed by atoms with Gasteiger partial charge < -0.3 is 30.7 Å². The van der Waals surface area contributed by atoms with E-state index in [0.717, 1.165) is 16.7 Å². The summed E-state index contributed by atoms with van der Waals surface area (Å²) in [6.07, 6.45) is -1.48. The van der Waals surface area contributed by atoms with Crippen molar-refractivity contribution in [2.45, 2.75) is 69.6 Å². The van der Waals surface area contributed by atoms with Gasteiger partial charge in [0.05, 0.1) is 11.9 Å². The van der Waals surface area contributed by atoms with Crippen LogP contribution in [0, 0.1) is 6.92 Å². The molecule has 2 aromatic rings. The number of carbonyl (C=O) groups excluding carboxylic acids is 4. The molecule has 1 aliphatic heterocycles. The summed E-state index contributed by atoms with van der Waals surface area (Å²) in [5.41, 5.74) is 2.81. The number of rotatable bonds is 12. The molecule has 4 amide bonds. The van der Waals surface area contributed by atoms with Gasteiger partial charge in [-0.15, -0.1) is 11.8 Å². The van der Waals surface area contributed by atoms with Crippen molar-refractivity contribution >= 4 is 35.4 Å². The Kier molecular flexibility index (Phi) is 11.3. The lowest BCUT2D eigenvalue weighted by Crippen LogP contribution is -2.59. The molecule has 1 saturated heterocycles. The van der Waals surface area contributed by atoms with E-state index in [2.05, 4.69) is 16.0 Å². The van der Waals surface area contributed by atoms with Crippen LogP contribution in [0.2, 0.25) is 0 Å². The summed E-state index contributed by atoms with van der Waals surface area (Å²) < 4.78 is 4.19. The predicted molar refractivity (Wildman–Crippen MR) is 158 cm³/mol. The molecular weight excluding hydrogens is 544 g/mol. The number of thioether (sulfide) groups is 1. The van der Waals surface area contributed by atoms with Crippen LogP contribution in [0.25, 0.3) is 0 Å². The number of aryl methyl sites for hydroxylation is 1. The summed E-state index contributed by atoms with van der Waals surface area (Å²) in [5, 5.41) is 19.6. The molecule has 0 radical (unpaired) electrons. The smallest absolute Gasteiger partial charge is 0.254 e. The maximum atomic E-state index is 13.8. The minimum absolute atomic E-state index is 0.159. The molecule has 2 aromatic carbocycles. The number of amides is 4. The lowest BCUT2D eigenvalue weighted by Gasteiger charge is -2.33. The van der Waals surface area contributed by atoms with Crippen LogP contribution in [0.15, 0.2) is 54.6 Å². The van der Waals surface area contributed by atoms with Crippen molar-refractivity contribution in [1.29, 1.82) is 0 Å². The number of carbonyl (C=O) groups is 4. The summed E-state index contributed by atoms with van der Waals surface area (Å²) in [6, 6.07) is 14.1. The molecule has 0 spiro atoms. The second kappa shape index (κ2) is 14.5. The molecule has 222 valence electrons. The minimum Gasteiger partial charge on any atom is -0.381 e. The van der Waals surface area contributed by atoms with Crippen molar-refractivity contribution in [3.05, 3.63) is 71.3 Å². The maximum absolute atomic E-state index is 13.8. The van der Waals surface area contributed by atoms with Crippen LogP contribution < -0.4 is 16.0 Å². The summed E-state index contributed by atoms with van der Waals surface area (Å²) in [5.74, 6) is -1.80. The highest BCUT2D eigenvalue weighted by molar-refractivity contribution is 8.00. The maximum Gasteiger partial charge on any atom is 0.254 e. The van der Waals surface area contributed by atoms with E-state index < -0.39 is 46.7 Å². The number of nitrogens with zero attached hydrogens (tertiary/aromatic N) is 1. The zero-order valence-electron chi connectivity index (χ0n) is 24.2. The summed E-state index contributed by atoms with van der Waals surface area (Å²) in [7, 11) is 1.37. The molecular formula is C30H40N4O6S. The van der Waals surface area contributed by atoms with Crippen LogP contribution in [0.4, 0.5) is 0 Å². The van der Waals surface area contributed by atoms with Crippen LogP contribution >= 0.6 is 11.8 Å². The molecule has 0 bridgehead atoms. The highest BCUT2D eigenvalue weighted by atomic mass is 32.2. The second-order valence-electron chi connectivity index (χ2n) is 10.7. The number of hydrogen-bond donors (Lipinski definition) is 4. The van der Waals surface area contributed by atoms with Gasteiger partial charge in [-0.25, -0.2) is 0 Å². The number of aliphatic hydroxyl groups is 1. The van der Waals surface area contributed by atoms with Crippen LogP contribution in [-0.4, -0.2) is 82.2 Å². The average molecular weight is 585 g/mol. The molecule has 0 saturated carbocycles. The first-order valence-electron chi connectivity index (χ1n) is 13.5. The van der Waals surface area contributed by atoms with E-state index in [1.807, 2.05) is 75.4 Å². The van der Waals surface area contributed by atoms with E-state index in [4.69, 9.17) is 4.74 Å². The Balaban J connectivity index is 1.78. The Morgan fingerprint density at radius 2 is 1.73 bits per heavy atom. The molecule has 1 aliphatic rings. The fourth-order valence-corrected chi connectivity index (χ4v) is 5.88. The summed E-state index contributed by atoms with van der Waals surface area (Å²) in [6.45, 7) is 7.36. The van der Waals surface area contributed by atoms with Crippen LogP contribution in [0.5, 0.6) is 0 Å². The Morgan fingerprint density at radius 3 is 2.39 bits per heavy atom. The van der Waals surface area contributed by atoms with Gasteiger partial charge in [-0.2, -0.15) is 0 Å². The van der Waals surface area contributed by atoms with Crippen molar-refractivity contribution in [3.8, 4) is 0 Å². The molecule has 1 heterocycles. The second-order valence-corrected chi connectivity index (χ2v) is 12.3. The quantitative estimate of drug-likeness (QED) is 0.297. The van der Waals surface area contributed by atoms with Gasteiger partial charge >= 0.3 is 0 Å². The third-order valence-electron chi connectivity index (χ3n) is 7.10. The lowest BCUT2D eigenvalue weighted by atomic mass is 9.97. The Hall–Kier alpha value is -3.41. The number of nitrogens with one attached hydrogen (secondary N) is 3. The van der Waals surface area contributed by atoms with Crippen molar-refractivity contribution in [3.63, 3.8) is 0 Å². The van der Waals surface area contributed by atoms with Gasteiger partial charge in [-0.3, -0.25) is 19.2 Å². The average Bonchev–Trinajstić information content (AvgIpc) is 3.26. The highest BCUT2D eigenvalue weighted by Crippen LogP contribution is 2.40. The van der Waals surface area contributed by atoms with Gasteiger partial charge in [-0.1, -0.05) is 54.6 Å². The fourth-order valence-electron chi connectivity index (χ4n) is 4.74. The number of methoxy groups -OCH3 is 1. The largest absolute Gasteiger partial charge is 0.381 e. The van der Waals surface area contributed by atoms with E-state index in [9.17, 15) is 24.3 Å². The van der Waals surface area contributed by atoms with Gasteiger partial charge in [0.25, 0.3) is 5.91 Å². The first-order valence-corrected chi connectivity index (χ1v) is 14.5. The van der Waals surface area contributed by atoms with E-state index in [0.29, 0.717) is 6.54 Å². The summed E-state index contributed by atoms with van der Waals surface area (Å²) in [4.78, 5) is 53.5. The van der Waals surface area contributed by atoms with E-state index in [1.165, 1.54) is 30.7 Å². The molecule has 1 fully saturated rings. The van der Waals surface area contributed by atoms with Crippen molar-refractivity contribution in [1.82, 2.24) is 20.9 Å². The third-order valence-corrected chi connectivity index (χ3v) is 8.47. The number of benzene rings is 2. The SMILES string of the molecule is COCC(=O)N[C@@H](C)C(=O)N[C@@H](Cc1ccccc1)[C@H](O)C(=O)N1CSC(C)(C)[C@H]1C(=O)NCc1ccccc1C. The van der Waals surface area contributed by atoms with Gasteiger partial charge in [-0.05, 0) is 50.8 Å². The normalized spacial score (nSPS) is 18.2. The van der Waals surface area contributed by atoms with E-state index >= 15 is 0 Å². The zero-order valence-corrected chi connectivity index (χ0v) is 25.0. The highest BCUT2D eigenvalue weighted by Gasteiger charge is 2.49. The number of aliphatic hydroxyl groups excluding tert-OH is 1. The Labute approximate surface area is 245 Å². The van der Waals surface area contributed by atoms with Crippen LogP contribution in [0.3, 0.4) is 0 Å². The summed E-state index contributed by atoms with van der Waals surface area (Å²) >= 11 is 1.45. The fraction of sp³-hybridized carbons (Fsp3) is 0.467. The molecule has 0 aromatic heterocycles.